The Morgan fingerprint density at radius 1 is 1.06 bits per heavy atom. The topological polar surface area (TPSA) is 74.7 Å². The van der Waals surface area contributed by atoms with E-state index < -0.39 is 0 Å². The molecular weight excluding hydrogens is 517 g/mol. The predicted octanol–water partition coefficient (Wildman–Crippen LogP) is 3.05. The van der Waals surface area contributed by atoms with E-state index in [4.69, 9.17) is 9.62 Å². The molecule has 1 aliphatic heterocycles. The number of piperazine rings is 1. The Bertz CT molecular complexity index is 993. The van der Waals surface area contributed by atoms with Crippen LogP contribution in [0.25, 0.3) is 0 Å². The van der Waals surface area contributed by atoms with Crippen LogP contribution in [-0.2, 0) is 19.6 Å². The molecule has 1 saturated heterocycles. The first kappa shape index (κ1) is 24.2. The third kappa shape index (κ3) is 5.89. The molecule has 172 valence electrons. The first-order chi connectivity index (χ1) is 15.1. The molecule has 0 bridgehead atoms. The van der Waals surface area contributed by atoms with Gasteiger partial charge in [0.25, 0.3) is 0 Å². The molecular formula is C23H32IN7O. The molecule has 9 heteroatoms. The third-order valence-corrected chi connectivity index (χ3v) is 5.89. The van der Waals surface area contributed by atoms with Gasteiger partial charge in [0.15, 0.2) is 5.96 Å². The van der Waals surface area contributed by atoms with E-state index in [0.29, 0.717) is 0 Å². The van der Waals surface area contributed by atoms with Gasteiger partial charge in [-0.15, -0.1) is 24.0 Å². The van der Waals surface area contributed by atoms with Crippen molar-refractivity contribution < 1.29 is 4.52 Å². The molecule has 32 heavy (non-hydrogen) atoms. The van der Waals surface area contributed by atoms with Crippen LogP contribution in [0.1, 0.15) is 28.2 Å². The van der Waals surface area contributed by atoms with Crippen molar-refractivity contribution in [3.8, 4) is 0 Å². The monoisotopic (exact) mass is 549 g/mol. The summed E-state index contributed by atoms with van der Waals surface area (Å²) < 4.78 is 7.03. The number of nitrogens with one attached hydrogen (secondary N) is 1. The molecule has 0 amide bonds. The van der Waals surface area contributed by atoms with E-state index >= 15 is 0 Å². The van der Waals surface area contributed by atoms with Gasteiger partial charge in [-0.3, -0.25) is 14.6 Å². The Morgan fingerprint density at radius 2 is 1.81 bits per heavy atom. The van der Waals surface area contributed by atoms with Gasteiger partial charge in [0, 0.05) is 63.6 Å². The summed E-state index contributed by atoms with van der Waals surface area (Å²) in [6.45, 7) is 10.4. The highest BCUT2D eigenvalue weighted by atomic mass is 127. The van der Waals surface area contributed by atoms with Gasteiger partial charge >= 0.3 is 0 Å². The lowest BCUT2D eigenvalue weighted by Crippen LogP contribution is -2.52. The maximum Gasteiger partial charge on any atom is 0.194 e. The average molecular weight is 549 g/mol. The molecule has 1 fully saturated rings. The van der Waals surface area contributed by atoms with Crippen LogP contribution >= 0.6 is 24.0 Å². The van der Waals surface area contributed by atoms with Crippen LogP contribution in [0.3, 0.4) is 0 Å². The third-order valence-electron chi connectivity index (χ3n) is 5.89. The number of guanidine groups is 1. The number of aromatic nitrogens is 3. The standard InChI is InChI=1S/C23H31N7O.HI/c1-18-22(19(2)30(26-18)16-20-7-5-4-6-8-20)15-25-23(24-3)29-12-10-28(11-13-29)17-21-9-14-31-27-21;/h4-9,14H,10-13,15-17H2,1-3H3,(H,24,25);1H. The smallest absolute Gasteiger partial charge is 0.194 e. The number of halogens is 1. The highest BCUT2D eigenvalue weighted by Crippen LogP contribution is 2.15. The van der Waals surface area contributed by atoms with Crippen molar-refractivity contribution in [2.24, 2.45) is 4.99 Å². The van der Waals surface area contributed by atoms with E-state index in [0.717, 1.165) is 63.2 Å². The van der Waals surface area contributed by atoms with Gasteiger partial charge in [-0.1, -0.05) is 35.5 Å². The lowest BCUT2D eigenvalue weighted by Gasteiger charge is -2.36. The summed E-state index contributed by atoms with van der Waals surface area (Å²) in [4.78, 5) is 9.23. The van der Waals surface area contributed by atoms with E-state index in [9.17, 15) is 0 Å². The second-order valence-electron chi connectivity index (χ2n) is 7.95. The lowest BCUT2D eigenvalue weighted by molar-refractivity contribution is 0.169. The van der Waals surface area contributed by atoms with Crippen molar-refractivity contribution in [3.05, 3.63) is 70.9 Å². The molecule has 2 aromatic heterocycles. The Morgan fingerprint density at radius 3 is 2.47 bits per heavy atom. The highest BCUT2D eigenvalue weighted by molar-refractivity contribution is 14.0. The van der Waals surface area contributed by atoms with Gasteiger partial charge < -0.3 is 14.7 Å². The maximum atomic E-state index is 4.94. The number of aryl methyl sites for hydroxylation is 1. The summed E-state index contributed by atoms with van der Waals surface area (Å²) in [7, 11) is 1.85. The second kappa shape index (κ2) is 11.5. The Kier molecular flexibility index (Phi) is 8.68. The molecule has 3 aromatic rings. The fraction of sp³-hybridized carbons (Fsp3) is 0.435. The first-order valence-electron chi connectivity index (χ1n) is 10.8. The summed E-state index contributed by atoms with van der Waals surface area (Å²) in [6, 6.07) is 12.4. The summed E-state index contributed by atoms with van der Waals surface area (Å²) in [6.07, 6.45) is 1.63. The molecule has 3 heterocycles. The van der Waals surface area contributed by atoms with Crippen LogP contribution in [0.5, 0.6) is 0 Å². The van der Waals surface area contributed by atoms with Crippen molar-refractivity contribution in [2.75, 3.05) is 33.2 Å². The quantitative estimate of drug-likeness (QED) is 0.290. The van der Waals surface area contributed by atoms with E-state index in [-0.39, 0.29) is 24.0 Å². The molecule has 0 spiro atoms. The van der Waals surface area contributed by atoms with Crippen LogP contribution in [0.15, 0.2) is 52.2 Å². The number of nitrogens with zero attached hydrogens (tertiary/aromatic N) is 6. The second-order valence-corrected chi connectivity index (χ2v) is 7.95. The van der Waals surface area contributed by atoms with Gasteiger partial charge in [0.1, 0.15) is 6.26 Å². The van der Waals surface area contributed by atoms with E-state index in [1.54, 1.807) is 6.26 Å². The maximum absolute atomic E-state index is 4.94. The Balaban J connectivity index is 0.00000289. The van der Waals surface area contributed by atoms with Crippen molar-refractivity contribution >= 4 is 29.9 Å². The minimum Gasteiger partial charge on any atom is -0.364 e. The van der Waals surface area contributed by atoms with Crippen molar-refractivity contribution in [2.45, 2.75) is 33.5 Å². The summed E-state index contributed by atoms with van der Waals surface area (Å²) in [5, 5.41) is 12.3. The molecule has 0 atom stereocenters. The van der Waals surface area contributed by atoms with Gasteiger partial charge in [0.2, 0.25) is 0 Å². The number of hydrogen-bond donors (Lipinski definition) is 1. The zero-order chi connectivity index (χ0) is 21.6. The van der Waals surface area contributed by atoms with Crippen LogP contribution in [0.2, 0.25) is 0 Å². The summed E-state index contributed by atoms with van der Waals surface area (Å²) in [5.41, 5.74) is 5.73. The van der Waals surface area contributed by atoms with Gasteiger partial charge in [-0.05, 0) is 19.4 Å². The van der Waals surface area contributed by atoms with Crippen molar-refractivity contribution in [1.82, 2.24) is 30.1 Å². The van der Waals surface area contributed by atoms with Crippen LogP contribution < -0.4 is 5.32 Å². The molecule has 0 unspecified atom stereocenters. The largest absolute Gasteiger partial charge is 0.364 e. The zero-order valence-corrected chi connectivity index (χ0v) is 21.3. The molecule has 0 saturated carbocycles. The minimum atomic E-state index is 0. The van der Waals surface area contributed by atoms with Crippen molar-refractivity contribution in [3.63, 3.8) is 0 Å². The molecule has 1 aromatic carbocycles. The fourth-order valence-corrected chi connectivity index (χ4v) is 4.07. The zero-order valence-electron chi connectivity index (χ0n) is 19.0. The molecule has 4 rings (SSSR count). The van der Waals surface area contributed by atoms with Crippen LogP contribution in [0.4, 0.5) is 0 Å². The van der Waals surface area contributed by atoms with Gasteiger partial charge in [-0.25, -0.2) is 0 Å². The van der Waals surface area contributed by atoms with Crippen molar-refractivity contribution in [1.29, 1.82) is 0 Å². The fourth-order valence-electron chi connectivity index (χ4n) is 4.07. The lowest BCUT2D eigenvalue weighted by atomic mass is 10.2. The number of benzene rings is 1. The number of rotatable bonds is 6. The Hall–Kier alpha value is -2.40. The summed E-state index contributed by atoms with van der Waals surface area (Å²) in [5.74, 6) is 0.940. The van der Waals surface area contributed by atoms with E-state index in [1.165, 1.54) is 16.8 Å². The van der Waals surface area contributed by atoms with E-state index in [2.05, 4.69) is 68.1 Å². The SMILES string of the molecule is CN=C(NCc1c(C)nn(Cc2ccccc2)c1C)N1CCN(Cc2ccon2)CC1.I. The normalized spacial score (nSPS) is 15.0. The van der Waals surface area contributed by atoms with E-state index in [1.807, 2.05) is 19.2 Å². The number of aliphatic imine (C=N–C) groups is 1. The van der Waals surface area contributed by atoms with Crippen LogP contribution in [0, 0.1) is 13.8 Å². The highest BCUT2D eigenvalue weighted by Gasteiger charge is 2.21. The minimum absolute atomic E-state index is 0. The van der Waals surface area contributed by atoms with Gasteiger partial charge in [0.05, 0.1) is 17.9 Å². The molecule has 1 N–H and O–H groups in total. The molecule has 0 radical (unpaired) electrons. The first-order valence-corrected chi connectivity index (χ1v) is 10.8. The summed E-state index contributed by atoms with van der Waals surface area (Å²) >= 11 is 0. The molecule has 8 nitrogen and oxygen atoms in total. The number of hydrogen-bond acceptors (Lipinski definition) is 5. The average Bonchev–Trinajstić information content (AvgIpc) is 3.39. The predicted molar refractivity (Wildman–Crippen MR) is 136 cm³/mol. The van der Waals surface area contributed by atoms with Crippen LogP contribution in [-0.4, -0.2) is 63.9 Å². The van der Waals surface area contributed by atoms with Gasteiger partial charge in [-0.2, -0.15) is 5.10 Å². The molecule has 0 aliphatic carbocycles. The molecule has 1 aliphatic rings. The Labute approximate surface area is 206 Å².